The van der Waals surface area contributed by atoms with E-state index in [1.54, 1.807) is 6.92 Å². The van der Waals surface area contributed by atoms with Crippen LogP contribution in [0.2, 0.25) is 0 Å². The fourth-order valence-electron chi connectivity index (χ4n) is 2.66. The molecule has 1 aliphatic rings. The molecule has 0 unspecified atom stereocenters. The van der Waals surface area contributed by atoms with Crippen molar-refractivity contribution in [3.8, 4) is 0 Å². The molecule has 0 amide bonds. The summed E-state index contributed by atoms with van der Waals surface area (Å²) in [5, 5.41) is 8.22. The highest BCUT2D eigenvalue weighted by atomic mass is 16.5. The topological polar surface area (TPSA) is 85.5 Å². The highest BCUT2D eigenvalue weighted by molar-refractivity contribution is 5.96. The predicted molar refractivity (Wildman–Crippen MR) is 83.1 cm³/mol. The third kappa shape index (κ3) is 5.13. The van der Waals surface area contributed by atoms with Gasteiger partial charge in [-0.25, -0.2) is 0 Å². The summed E-state index contributed by atoms with van der Waals surface area (Å²) in [6.45, 7) is 7.96. The van der Waals surface area contributed by atoms with Crippen molar-refractivity contribution in [2.75, 3.05) is 26.2 Å². The van der Waals surface area contributed by atoms with Crippen LogP contribution < -0.4 is 0 Å². The number of nitrogens with zero attached hydrogens (tertiary/aromatic N) is 3. The molecule has 0 bridgehead atoms. The fraction of sp³-hybridized carbons (Fsp3) is 0.750. The summed E-state index contributed by atoms with van der Waals surface area (Å²) in [5.74, 6) is 1.32. The third-order valence-electron chi connectivity index (χ3n) is 3.93. The number of aromatic nitrogens is 2. The zero-order valence-corrected chi connectivity index (χ0v) is 14.1. The molecule has 0 radical (unpaired) electrons. The maximum absolute atomic E-state index is 11.8. The normalized spacial score (nSPS) is 16.7. The monoisotopic (exact) mass is 323 g/mol. The lowest BCUT2D eigenvalue weighted by Crippen LogP contribution is -2.37. The van der Waals surface area contributed by atoms with Crippen molar-refractivity contribution >= 4 is 11.8 Å². The van der Waals surface area contributed by atoms with Crippen LogP contribution in [0.15, 0.2) is 4.42 Å². The second-order valence-corrected chi connectivity index (χ2v) is 6.20. The molecule has 0 atom stereocenters. The van der Waals surface area contributed by atoms with Gasteiger partial charge in [-0.1, -0.05) is 13.8 Å². The molecule has 2 rings (SSSR count). The van der Waals surface area contributed by atoms with E-state index in [-0.39, 0.29) is 24.0 Å². The quantitative estimate of drug-likeness (QED) is 0.559. The Morgan fingerprint density at radius 1 is 1.30 bits per heavy atom. The maximum Gasteiger partial charge on any atom is 0.313 e. The van der Waals surface area contributed by atoms with E-state index < -0.39 is 5.97 Å². The Morgan fingerprint density at radius 2 is 2.00 bits per heavy atom. The number of hydrogen-bond acceptors (Lipinski definition) is 7. The minimum Gasteiger partial charge on any atom is -0.466 e. The van der Waals surface area contributed by atoms with Crippen LogP contribution in [0.4, 0.5) is 0 Å². The largest absolute Gasteiger partial charge is 0.466 e. The summed E-state index contributed by atoms with van der Waals surface area (Å²) in [6, 6.07) is 0. The summed E-state index contributed by atoms with van der Waals surface area (Å²) in [4.78, 5) is 25.2. The molecule has 0 spiro atoms. The first kappa shape index (κ1) is 17.6. The molecule has 1 fully saturated rings. The summed E-state index contributed by atoms with van der Waals surface area (Å²) in [7, 11) is 0. The first-order valence-electron chi connectivity index (χ1n) is 8.22. The number of hydrogen-bond donors (Lipinski definition) is 0. The molecule has 2 heterocycles. The molecule has 1 aromatic heterocycles. The number of likely N-dealkylation sites (tertiary alicyclic amines) is 1. The number of rotatable bonds is 7. The lowest BCUT2D eigenvalue weighted by Gasteiger charge is -2.29. The number of esters is 1. The SMILES string of the molecule is CCOC(=O)CC(=O)CN1CCC(c2nnc(C(C)C)o2)CC1. The molecule has 23 heavy (non-hydrogen) atoms. The van der Waals surface area contributed by atoms with Crippen molar-refractivity contribution in [3.05, 3.63) is 11.8 Å². The van der Waals surface area contributed by atoms with E-state index in [0.29, 0.717) is 24.9 Å². The number of Topliss-reactive ketones (excluding diaryl/α,β-unsaturated/α-hetero) is 1. The van der Waals surface area contributed by atoms with Crippen molar-refractivity contribution in [1.29, 1.82) is 0 Å². The number of ether oxygens (including phenoxy) is 1. The van der Waals surface area contributed by atoms with Crippen LogP contribution in [0.1, 0.15) is 63.7 Å². The maximum atomic E-state index is 11.8. The number of piperidine rings is 1. The lowest BCUT2D eigenvalue weighted by atomic mass is 9.96. The molecule has 0 N–H and O–H groups in total. The summed E-state index contributed by atoms with van der Waals surface area (Å²) in [6.07, 6.45) is 1.62. The van der Waals surface area contributed by atoms with Gasteiger partial charge in [-0.2, -0.15) is 0 Å². The number of carbonyl (C=O) groups excluding carboxylic acids is 2. The fourth-order valence-corrected chi connectivity index (χ4v) is 2.66. The molecule has 7 nitrogen and oxygen atoms in total. The molecule has 128 valence electrons. The van der Waals surface area contributed by atoms with Crippen LogP contribution in [-0.4, -0.2) is 53.1 Å². The van der Waals surface area contributed by atoms with Gasteiger partial charge in [-0.15, -0.1) is 10.2 Å². The summed E-state index contributed by atoms with van der Waals surface area (Å²) in [5.41, 5.74) is 0. The Labute approximate surface area is 136 Å². The molecule has 0 aliphatic carbocycles. The average Bonchev–Trinajstić information content (AvgIpc) is 2.98. The first-order valence-corrected chi connectivity index (χ1v) is 8.22. The zero-order valence-electron chi connectivity index (χ0n) is 14.1. The van der Waals surface area contributed by atoms with Gasteiger partial charge < -0.3 is 9.15 Å². The van der Waals surface area contributed by atoms with Gasteiger partial charge in [0.15, 0.2) is 5.78 Å². The van der Waals surface area contributed by atoms with Gasteiger partial charge in [0.1, 0.15) is 6.42 Å². The van der Waals surface area contributed by atoms with Gasteiger partial charge in [0, 0.05) is 11.8 Å². The van der Waals surface area contributed by atoms with E-state index in [2.05, 4.69) is 15.1 Å². The summed E-state index contributed by atoms with van der Waals surface area (Å²) >= 11 is 0. The Bertz CT molecular complexity index is 533. The second kappa shape index (κ2) is 8.19. The highest BCUT2D eigenvalue weighted by Crippen LogP contribution is 2.28. The van der Waals surface area contributed by atoms with Gasteiger partial charge >= 0.3 is 5.97 Å². The van der Waals surface area contributed by atoms with Gasteiger partial charge in [0.2, 0.25) is 11.8 Å². The molecule has 7 heteroatoms. The number of carbonyl (C=O) groups is 2. The van der Waals surface area contributed by atoms with Crippen molar-refractivity contribution in [2.45, 2.75) is 51.9 Å². The average molecular weight is 323 g/mol. The van der Waals surface area contributed by atoms with Crippen LogP contribution in [0.5, 0.6) is 0 Å². The van der Waals surface area contributed by atoms with Gasteiger partial charge in [-0.05, 0) is 32.9 Å². The molecule has 1 aromatic rings. The molecule has 1 saturated heterocycles. The Hall–Kier alpha value is -1.76. The van der Waals surface area contributed by atoms with E-state index >= 15 is 0 Å². The van der Waals surface area contributed by atoms with Crippen LogP contribution in [0.3, 0.4) is 0 Å². The summed E-state index contributed by atoms with van der Waals surface area (Å²) < 4.78 is 10.5. The van der Waals surface area contributed by atoms with Gasteiger partial charge in [0.05, 0.1) is 13.2 Å². The molecule has 0 aromatic carbocycles. The number of ketones is 1. The molecule has 1 aliphatic heterocycles. The minimum absolute atomic E-state index is 0.0956. The molecular formula is C16H25N3O4. The van der Waals surface area contributed by atoms with E-state index in [0.717, 1.165) is 25.9 Å². The lowest BCUT2D eigenvalue weighted by molar-refractivity contribution is -0.145. The smallest absolute Gasteiger partial charge is 0.313 e. The van der Waals surface area contributed by atoms with Crippen LogP contribution >= 0.6 is 0 Å². The van der Waals surface area contributed by atoms with E-state index in [1.807, 2.05) is 13.8 Å². The van der Waals surface area contributed by atoms with Crippen molar-refractivity contribution < 1.29 is 18.7 Å². The Balaban J connectivity index is 1.77. The van der Waals surface area contributed by atoms with Gasteiger partial charge in [-0.3, -0.25) is 14.5 Å². The van der Waals surface area contributed by atoms with E-state index in [1.165, 1.54) is 0 Å². The van der Waals surface area contributed by atoms with Crippen LogP contribution in [0.25, 0.3) is 0 Å². The molecule has 0 saturated carbocycles. The van der Waals surface area contributed by atoms with Crippen molar-refractivity contribution in [1.82, 2.24) is 15.1 Å². The van der Waals surface area contributed by atoms with Crippen molar-refractivity contribution in [3.63, 3.8) is 0 Å². The zero-order chi connectivity index (χ0) is 16.8. The molecular weight excluding hydrogens is 298 g/mol. The second-order valence-electron chi connectivity index (χ2n) is 6.20. The van der Waals surface area contributed by atoms with Gasteiger partial charge in [0.25, 0.3) is 0 Å². The van der Waals surface area contributed by atoms with Crippen LogP contribution in [-0.2, 0) is 14.3 Å². The third-order valence-corrected chi connectivity index (χ3v) is 3.93. The van der Waals surface area contributed by atoms with Crippen LogP contribution in [0, 0.1) is 0 Å². The Kier molecular flexibility index (Phi) is 6.27. The van der Waals surface area contributed by atoms with E-state index in [4.69, 9.17) is 9.15 Å². The van der Waals surface area contributed by atoms with Crippen molar-refractivity contribution in [2.24, 2.45) is 0 Å². The standard InChI is InChI=1S/C16H25N3O4/c1-4-22-14(21)9-13(20)10-19-7-5-12(6-8-19)16-18-17-15(23-16)11(2)3/h11-12H,4-10H2,1-3H3. The first-order chi connectivity index (χ1) is 11.0. The predicted octanol–water partition coefficient (Wildman–Crippen LogP) is 1.89. The highest BCUT2D eigenvalue weighted by Gasteiger charge is 2.26. The Morgan fingerprint density at radius 3 is 2.57 bits per heavy atom. The van der Waals surface area contributed by atoms with E-state index in [9.17, 15) is 9.59 Å². The minimum atomic E-state index is -0.445.